The molecule has 0 aliphatic carbocycles. The second kappa shape index (κ2) is 9.96. The van der Waals surface area contributed by atoms with E-state index >= 15 is 0 Å². The van der Waals surface area contributed by atoms with Crippen molar-refractivity contribution in [1.82, 2.24) is 19.6 Å². The molecule has 0 spiro atoms. The molecule has 1 amide bonds. The lowest BCUT2D eigenvalue weighted by Gasteiger charge is -2.46. The fraction of sp³-hybridized carbons (Fsp3) is 0.773. The predicted molar refractivity (Wildman–Crippen MR) is 112 cm³/mol. The van der Waals surface area contributed by atoms with E-state index in [-0.39, 0.29) is 6.09 Å². The predicted octanol–water partition coefficient (Wildman–Crippen LogP) is 2.48. The lowest BCUT2D eigenvalue weighted by molar-refractivity contribution is 0.0195. The van der Waals surface area contributed by atoms with Crippen LogP contribution in [0.1, 0.15) is 38.4 Å². The van der Waals surface area contributed by atoms with Crippen molar-refractivity contribution in [2.45, 2.75) is 51.2 Å². The van der Waals surface area contributed by atoms with Crippen LogP contribution in [0.5, 0.6) is 0 Å². The quantitative estimate of drug-likeness (QED) is 0.752. The number of hydrogen-bond acceptors (Lipinski definition) is 6. The van der Waals surface area contributed by atoms with Crippen LogP contribution in [-0.2, 0) is 11.3 Å². The highest BCUT2D eigenvalue weighted by Crippen LogP contribution is 2.25. The van der Waals surface area contributed by atoms with Gasteiger partial charge in [0.1, 0.15) is 5.76 Å². The summed E-state index contributed by atoms with van der Waals surface area (Å²) in [5.74, 6) is 1.07. The second-order valence-electron chi connectivity index (χ2n) is 8.60. The number of carbonyl (C=O) groups is 1. The van der Waals surface area contributed by atoms with E-state index < -0.39 is 0 Å². The summed E-state index contributed by atoms with van der Waals surface area (Å²) < 4.78 is 10.7. The van der Waals surface area contributed by atoms with Crippen LogP contribution in [0, 0.1) is 0 Å². The van der Waals surface area contributed by atoms with E-state index in [0.717, 1.165) is 51.6 Å². The molecule has 7 heteroatoms. The molecular formula is C22H36N4O3. The van der Waals surface area contributed by atoms with E-state index in [9.17, 15) is 4.79 Å². The van der Waals surface area contributed by atoms with Crippen LogP contribution in [0.4, 0.5) is 4.79 Å². The van der Waals surface area contributed by atoms with Crippen LogP contribution < -0.4 is 0 Å². The highest BCUT2D eigenvalue weighted by molar-refractivity contribution is 5.67. The summed E-state index contributed by atoms with van der Waals surface area (Å²) >= 11 is 0. The number of hydrogen-bond donors (Lipinski definition) is 0. The van der Waals surface area contributed by atoms with Crippen LogP contribution >= 0.6 is 0 Å². The van der Waals surface area contributed by atoms with Crippen molar-refractivity contribution in [3.8, 4) is 0 Å². The number of furan rings is 1. The second-order valence-corrected chi connectivity index (χ2v) is 8.60. The minimum atomic E-state index is -0.154. The van der Waals surface area contributed by atoms with E-state index in [4.69, 9.17) is 9.15 Å². The minimum Gasteiger partial charge on any atom is -0.468 e. The summed E-state index contributed by atoms with van der Waals surface area (Å²) in [4.78, 5) is 21.7. The van der Waals surface area contributed by atoms with Crippen LogP contribution in [-0.4, -0.2) is 96.7 Å². The van der Waals surface area contributed by atoms with Gasteiger partial charge in [-0.15, -0.1) is 0 Å². The van der Waals surface area contributed by atoms with E-state index in [0.29, 0.717) is 18.7 Å². The molecule has 3 aliphatic heterocycles. The van der Waals surface area contributed by atoms with Crippen molar-refractivity contribution in [1.29, 1.82) is 0 Å². The SMILES string of the molecule is CCOC(=O)N1CCN([C@H]2CCCN(C3CCN(Cc4ccco4)CC3)C2)CC1. The first-order valence-corrected chi connectivity index (χ1v) is 11.4. The molecule has 0 unspecified atom stereocenters. The first-order valence-electron chi connectivity index (χ1n) is 11.4. The Kier molecular flexibility index (Phi) is 7.11. The van der Waals surface area contributed by atoms with Crippen molar-refractivity contribution in [2.24, 2.45) is 0 Å². The molecule has 0 saturated carbocycles. The zero-order valence-electron chi connectivity index (χ0n) is 17.8. The van der Waals surface area contributed by atoms with Gasteiger partial charge in [-0.25, -0.2) is 4.79 Å². The number of piperazine rings is 1. The van der Waals surface area contributed by atoms with Gasteiger partial charge in [0.05, 0.1) is 19.4 Å². The summed E-state index contributed by atoms with van der Waals surface area (Å²) in [5.41, 5.74) is 0. The van der Waals surface area contributed by atoms with Crippen LogP contribution in [0.2, 0.25) is 0 Å². The highest BCUT2D eigenvalue weighted by atomic mass is 16.6. The minimum absolute atomic E-state index is 0.154. The fourth-order valence-electron chi connectivity index (χ4n) is 5.16. The highest BCUT2D eigenvalue weighted by Gasteiger charge is 2.33. The maximum atomic E-state index is 11.9. The third-order valence-corrected chi connectivity index (χ3v) is 6.82. The summed E-state index contributed by atoms with van der Waals surface area (Å²) in [6.07, 6.45) is 6.69. The summed E-state index contributed by atoms with van der Waals surface area (Å²) in [7, 11) is 0. The summed E-state index contributed by atoms with van der Waals surface area (Å²) in [6.45, 7) is 11.5. The van der Waals surface area contributed by atoms with Crippen LogP contribution in [0.25, 0.3) is 0 Å². The molecule has 4 rings (SSSR count). The van der Waals surface area contributed by atoms with Gasteiger partial charge in [-0.3, -0.25) is 14.7 Å². The van der Waals surface area contributed by atoms with E-state index in [1.807, 2.05) is 17.9 Å². The Balaban J connectivity index is 1.21. The monoisotopic (exact) mass is 404 g/mol. The van der Waals surface area contributed by atoms with Crippen LogP contribution in [0.3, 0.4) is 0 Å². The molecular weight excluding hydrogens is 368 g/mol. The van der Waals surface area contributed by atoms with Gasteiger partial charge in [-0.2, -0.15) is 0 Å². The van der Waals surface area contributed by atoms with Crippen molar-refractivity contribution < 1.29 is 13.9 Å². The van der Waals surface area contributed by atoms with Crippen molar-refractivity contribution in [3.05, 3.63) is 24.2 Å². The Hall–Kier alpha value is -1.57. The van der Waals surface area contributed by atoms with E-state index in [2.05, 4.69) is 20.8 Å². The number of likely N-dealkylation sites (tertiary alicyclic amines) is 2. The number of piperidine rings is 2. The molecule has 3 aliphatic rings. The standard InChI is InChI=1S/C22H36N4O3/c1-2-28-22(27)25-14-12-24(13-15-25)20-5-3-9-26(17-20)19-7-10-23(11-8-19)18-21-6-4-16-29-21/h4,6,16,19-20H,2-3,5,7-15,17-18H2,1H3/t20-/m0/s1. The molecule has 1 aromatic rings. The molecule has 0 aromatic carbocycles. The number of rotatable bonds is 5. The van der Waals surface area contributed by atoms with Crippen molar-refractivity contribution in [2.75, 3.05) is 59.0 Å². The lowest BCUT2D eigenvalue weighted by atomic mass is 9.96. The molecule has 4 heterocycles. The lowest BCUT2D eigenvalue weighted by Crippen LogP contribution is -2.58. The molecule has 0 radical (unpaired) electrons. The Morgan fingerprint density at radius 2 is 1.83 bits per heavy atom. The maximum absolute atomic E-state index is 11.9. The molecule has 0 bridgehead atoms. The molecule has 162 valence electrons. The zero-order chi connectivity index (χ0) is 20.1. The molecule has 29 heavy (non-hydrogen) atoms. The number of carbonyl (C=O) groups excluding carboxylic acids is 1. The van der Waals surface area contributed by atoms with E-state index in [1.54, 1.807) is 6.26 Å². The summed E-state index contributed by atoms with van der Waals surface area (Å²) in [6, 6.07) is 5.40. The maximum Gasteiger partial charge on any atom is 0.409 e. The Bertz CT molecular complexity index is 622. The normalized spacial score (nSPS) is 26.0. The zero-order valence-corrected chi connectivity index (χ0v) is 17.8. The first-order chi connectivity index (χ1) is 14.2. The van der Waals surface area contributed by atoms with Gasteiger partial charge in [0, 0.05) is 57.9 Å². The third-order valence-electron chi connectivity index (χ3n) is 6.82. The van der Waals surface area contributed by atoms with Gasteiger partial charge >= 0.3 is 6.09 Å². The number of amides is 1. The Labute approximate surface area is 174 Å². The largest absolute Gasteiger partial charge is 0.468 e. The molecule has 7 nitrogen and oxygen atoms in total. The van der Waals surface area contributed by atoms with Crippen molar-refractivity contribution >= 4 is 6.09 Å². The third kappa shape index (κ3) is 5.32. The van der Waals surface area contributed by atoms with Gasteiger partial charge in [-0.05, 0) is 51.3 Å². The van der Waals surface area contributed by atoms with E-state index in [1.165, 1.54) is 38.8 Å². The van der Waals surface area contributed by atoms with Gasteiger partial charge in [0.15, 0.2) is 0 Å². The Morgan fingerprint density at radius 1 is 1.03 bits per heavy atom. The number of ether oxygens (including phenoxy) is 1. The Morgan fingerprint density at radius 3 is 2.52 bits per heavy atom. The molecule has 3 saturated heterocycles. The molecule has 1 atom stereocenters. The fourth-order valence-corrected chi connectivity index (χ4v) is 5.16. The summed E-state index contributed by atoms with van der Waals surface area (Å²) in [5, 5.41) is 0. The average Bonchev–Trinajstić information content (AvgIpc) is 3.28. The average molecular weight is 405 g/mol. The molecule has 0 N–H and O–H groups in total. The number of nitrogens with zero attached hydrogens (tertiary/aromatic N) is 4. The van der Waals surface area contributed by atoms with Gasteiger partial charge in [0.25, 0.3) is 0 Å². The van der Waals surface area contributed by atoms with Gasteiger partial charge < -0.3 is 14.1 Å². The smallest absolute Gasteiger partial charge is 0.409 e. The van der Waals surface area contributed by atoms with Gasteiger partial charge in [-0.1, -0.05) is 0 Å². The molecule has 1 aromatic heterocycles. The van der Waals surface area contributed by atoms with Crippen molar-refractivity contribution in [3.63, 3.8) is 0 Å². The topological polar surface area (TPSA) is 52.4 Å². The van der Waals surface area contributed by atoms with Gasteiger partial charge in [0.2, 0.25) is 0 Å². The molecule has 3 fully saturated rings. The van der Waals surface area contributed by atoms with Crippen LogP contribution in [0.15, 0.2) is 22.8 Å². The first kappa shape index (κ1) is 20.7.